The fourth-order valence-electron chi connectivity index (χ4n) is 3.18. The Balaban J connectivity index is 1.85. The minimum atomic E-state index is 0.982. The zero-order chi connectivity index (χ0) is 15.6. The van der Waals surface area contributed by atoms with Crippen molar-refractivity contribution in [1.82, 2.24) is 9.55 Å². The lowest BCUT2D eigenvalue weighted by atomic mass is 10.1. The lowest BCUT2D eigenvalue weighted by Gasteiger charge is -2.02. The van der Waals surface area contributed by atoms with Crippen molar-refractivity contribution in [2.45, 2.75) is 13.5 Å². The smallest absolute Gasteiger partial charge is 0.0491 e. The van der Waals surface area contributed by atoms with Crippen molar-refractivity contribution in [3.8, 4) is 0 Å². The number of benzene rings is 2. The average molecular weight is 298 g/mol. The second kappa shape index (κ2) is 5.73. The number of fused-ring (bicyclic) bond motifs is 3. The molecule has 2 nitrogen and oxygen atoms in total. The van der Waals surface area contributed by atoms with Gasteiger partial charge >= 0.3 is 0 Å². The first-order valence-electron chi connectivity index (χ1n) is 7.96. The summed E-state index contributed by atoms with van der Waals surface area (Å²) in [5.41, 5.74) is 4.99. The summed E-state index contributed by atoms with van der Waals surface area (Å²) in [7, 11) is 0. The average Bonchev–Trinajstić information content (AvgIpc) is 2.94. The van der Waals surface area contributed by atoms with Gasteiger partial charge in [0.1, 0.15) is 0 Å². The van der Waals surface area contributed by atoms with E-state index >= 15 is 0 Å². The number of para-hydroxylation sites is 1. The van der Waals surface area contributed by atoms with Gasteiger partial charge in [0.15, 0.2) is 0 Å². The second-order valence-corrected chi connectivity index (χ2v) is 5.65. The fraction of sp³-hybridized carbons (Fsp3) is 0.0952. The van der Waals surface area contributed by atoms with E-state index < -0.39 is 0 Å². The monoisotopic (exact) mass is 298 g/mol. The molecule has 2 heteroatoms. The molecule has 4 aromatic rings. The van der Waals surface area contributed by atoms with E-state index in [1.807, 2.05) is 24.5 Å². The van der Waals surface area contributed by atoms with Crippen molar-refractivity contribution in [1.29, 1.82) is 0 Å². The largest absolute Gasteiger partial charge is 0.341 e. The number of aryl methyl sites for hydroxylation is 1. The Morgan fingerprint density at radius 2 is 1.57 bits per heavy atom. The van der Waals surface area contributed by atoms with E-state index in [0.717, 1.165) is 12.1 Å². The van der Waals surface area contributed by atoms with E-state index in [1.165, 1.54) is 27.4 Å². The Morgan fingerprint density at radius 3 is 2.39 bits per heavy atom. The van der Waals surface area contributed by atoms with Gasteiger partial charge in [-0.3, -0.25) is 4.98 Å². The molecular weight excluding hydrogens is 280 g/mol. The molecule has 2 aromatic carbocycles. The highest BCUT2D eigenvalue weighted by atomic mass is 15.0. The van der Waals surface area contributed by atoms with Gasteiger partial charge < -0.3 is 4.57 Å². The molecule has 4 rings (SSSR count). The number of pyridine rings is 1. The van der Waals surface area contributed by atoms with Crippen LogP contribution in [-0.2, 0) is 6.54 Å². The van der Waals surface area contributed by atoms with E-state index in [0.29, 0.717) is 0 Å². The highest BCUT2D eigenvalue weighted by Gasteiger charge is 2.08. The van der Waals surface area contributed by atoms with Gasteiger partial charge in [-0.15, -0.1) is 0 Å². The molecule has 23 heavy (non-hydrogen) atoms. The lowest BCUT2D eigenvalue weighted by Crippen LogP contribution is -1.92. The quantitative estimate of drug-likeness (QED) is 0.496. The maximum absolute atomic E-state index is 4.05. The standard InChI is InChI=1S/C21H18N2/c1-2-23-20-6-4-3-5-18(20)19-15-17(9-10-21(19)23)8-7-16-11-13-22-14-12-16/h3-15H,2H2,1H3. The van der Waals surface area contributed by atoms with Crippen molar-refractivity contribution >= 4 is 34.0 Å². The summed E-state index contributed by atoms with van der Waals surface area (Å²) in [5, 5.41) is 2.64. The topological polar surface area (TPSA) is 17.8 Å². The molecule has 0 radical (unpaired) electrons. The van der Waals surface area contributed by atoms with E-state index in [1.54, 1.807) is 0 Å². The molecule has 0 aliphatic heterocycles. The SMILES string of the molecule is CCn1c2ccccc2c2cc(C=Cc3ccncc3)ccc21. The third kappa shape index (κ3) is 2.42. The molecule has 2 heterocycles. The van der Waals surface area contributed by atoms with Crippen molar-refractivity contribution < 1.29 is 0 Å². The molecule has 2 aromatic heterocycles. The molecule has 112 valence electrons. The maximum atomic E-state index is 4.05. The second-order valence-electron chi connectivity index (χ2n) is 5.65. The third-order valence-corrected chi connectivity index (χ3v) is 4.29. The van der Waals surface area contributed by atoms with Crippen LogP contribution in [0.1, 0.15) is 18.1 Å². The highest BCUT2D eigenvalue weighted by molar-refractivity contribution is 6.08. The maximum Gasteiger partial charge on any atom is 0.0491 e. The van der Waals surface area contributed by atoms with Gasteiger partial charge in [0.2, 0.25) is 0 Å². The Hall–Kier alpha value is -2.87. The van der Waals surface area contributed by atoms with Gasteiger partial charge in [0.25, 0.3) is 0 Å². The van der Waals surface area contributed by atoms with Crippen LogP contribution in [0.2, 0.25) is 0 Å². The zero-order valence-corrected chi connectivity index (χ0v) is 13.1. The van der Waals surface area contributed by atoms with Crippen molar-refractivity contribution in [3.63, 3.8) is 0 Å². The van der Waals surface area contributed by atoms with Crippen molar-refractivity contribution in [3.05, 3.63) is 78.1 Å². The summed E-state index contributed by atoms with van der Waals surface area (Å²) in [4.78, 5) is 4.05. The van der Waals surface area contributed by atoms with E-state index in [9.17, 15) is 0 Å². The Kier molecular flexibility index (Phi) is 3.43. The number of hydrogen-bond donors (Lipinski definition) is 0. The third-order valence-electron chi connectivity index (χ3n) is 4.29. The summed E-state index contributed by atoms with van der Waals surface area (Å²) in [5.74, 6) is 0. The first kappa shape index (κ1) is 13.8. The van der Waals surface area contributed by atoms with E-state index in [-0.39, 0.29) is 0 Å². The molecular formula is C21H18N2. The Morgan fingerprint density at radius 1 is 0.826 bits per heavy atom. The van der Waals surface area contributed by atoms with Crippen LogP contribution in [0.4, 0.5) is 0 Å². The van der Waals surface area contributed by atoms with Gasteiger partial charge in [0, 0.05) is 40.7 Å². The number of nitrogens with zero attached hydrogens (tertiary/aromatic N) is 2. The van der Waals surface area contributed by atoms with Crippen LogP contribution in [0.25, 0.3) is 34.0 Å². The first-order valence-corrected chi connectivity index (χ1v) is 7.96. The Labute approximate surface area is 135 Å². The van der Waals surface area contributed by atoms with Crippen LogP contribution in [0.15, 0.2) is 67.0 Å². The number of aromatic nitrogens is 2. The summed E-state index contributed by atoms with van der Waals surface area (Å²) in [6, 6.07) is 19.3. The molecule has 0 saturated heterocycles. The molecule has 0 atom stereocenters. The molecule has 0 bridgehead atoms. The van der Waals surface area contributed by atoms with Crippen molar-refractivity contribution in [2.24, 2.45) is 0 Å². The van der Waals surface area contributed by atoms with Gasteiger partial charge in [-0.2, -0.15) is 0 Å². The van der Waals surface area contributed by atoms with Gasteiger partial charge in [-0.05, 0) is 48.4 Å². The predicted molar refractivity (Wildman–Crippen MR) is 98.3 cm³/mol. The van der Waals surface area contributed by atoms with Crippen LogP contribution in [0.3, 0.4) is 0 Å². The van der Waals surface area contributed by atoms with Gasteiger partial charge in [-0.25, -0.2) is 0 Å². The molecule has 0 amide bonds. The highest BCUT2D eigenvalue weighted by Crippen LogP contribution is 2.30. The molecule has 0 fully saturated rings. The van der Waals surface area contributed by atoms with Crippen LogP contribution >= 0.6 is 0 Å². The van der Waals surface area contributed by atoms with Crippen LogP contribution < -0.4 is 0 Å². The molecule has 0 unspecified atom stereocenters. The van der Waals surface area contributed by atoms with Crippen LogP contribution in [-0.4, -0.2) is 9.55 Å². The van der Waals surface area contributed by atoms with E-state index in [2.05, 4.69) is 71.1 Å². The summed E-state index contributed by atoms with van der Waals surface area (Å²) < 4.78 is 2.38. The molecule has 0 spiro atoms. The molecule has 0 aliphatic carbocycles. The lowest BCUT2D eigenvalue weighted by molar-refractivity contribution is 0.827. The van der Waals surface area contributed by atoms with Crippen LogP contribution in [0.5, 0.6) is 0 Å². The minimum absolute atomic E-state index is 0.982. The van der Waals surface area contributed by atoms with Gasteiger partial charge in [-0.1, -0.05) is 36.4 Å². The number of rotatable bonds is 3. The molecule has 0 saturated carbocycles. The summed E-state index contributed by atoms with van der Waals surface area (Å²) >= 11 is 0. The zero-order valence-electron chi connectivity index (χ0n) is 13.1. The van der Waals surface area contributed by atoms with Crippen molar-refractivity contribution in [2.75, 3.05) is 0 Å². The van der Waals surface area contributed by atoms with E-state index in [4.69, 9.17) is 0 Å². The van der Waals surface area contributed by atoms with Gasteiger partial charge in [0.05, 0.1) is 0 Å². The molecule has 0 N–H and O–H groups in total. The fourth-order valence-corrected chi connectivity index (χ4v) is 3.18. The number of hydrogen-bond acceptors (Lipinski definition) is 1. The Bertz CT molecular complexity index is 994. The first-order chi connectivity index (χ1) is 11.4. The molecule has 0 aliphatic rings. The minimum Gasteiger partial charge on any atom is -0.341 e. The summed E-state index contributed by atoms with van der Waals surface area (Å²) in [6.45, 7) is 3.18. The van der Waals surface area contributed by atoms with Crippen LogP contribution in [0, 0.1) is 0 Å². The summed E-state index contributed by atoms with van der Waals surface area (Å²) in [6.07, 6.45) is 7.92. The predicted octanol–water partition coefficient (Wildman–Crippen LogP) is 5.38. The normalized spacial score (nSPS) is 11.7.